The molecule has 0 spiro atoms. The van der Waals surface area contributed by atoms with E-state index in [0.717, 1.165) is 22.4 Å². The summed E-state index contributed by atoms with van der Waals surface area (Å²) in [5.74, 6) is 0.950. The smallest absolute Gasteiger partial charge is 0.123 e. The van der Waals surface area contributed by atoms with E-state index in [4.69, 9.17) is 15.9 Å². The second kappa shape index (κ2) is 4.34. The monoisotopic (exact) mass is 206 g/mol. The van der Waals surface area contributed by atoms with E-state index in [0.29, 0.717) is 0 Å². The Morgan fingerprint density at radius 1 is 1.27 bits per heavy atom. The lowest BCUT2D eigenvalue weighted by atomic mass is 10.0. The predicted molar refractivity (Wildman–Crippen MR) is 62.7 cm³/mol. The number of nitrogen functional groups attached to an aromatic ring is 1. The highest BCUT2D eigenvalue weighted by atomic mass is 16.5. The number of aryl methyl sites for hydroxylation is 2. The zero-order valence-electron chi connectivity index (χ0n) is 9.72. The summed E-state index contributed by atoms with van der Waals surface area (Å²) in [5, 5.41) is 7.47. The first-order chi connectivity index (χ1) is 6.91. The topological polar surface area (TPSA) is 59.1 Å². The quantitative estimate of drug-likeness (QED) is 0.589. The fourth-order valence-corrected chi connectivity index (χ4v) is 1.69. The molecule has 1 aromatic carbocycles. The van der Waals surface area contributed by atoms with Crippen molar-refractivity contribution in [3.8, 4) is 5.75 Å². The Kier molecular flexibility index (Phi) is 3.35. The van der Waals surface area contributed by atoms with Gasteiger partial charge in [-0.25, -0.2) is 0 Å². The van der Waals surface area contributed by atoms with Crippen LogP contribution < -0.4 is 10.5 Å². The van der Waals surface area contributed by atoms with Gasteiger partial charge in [0, 0.05) is 5.56 Å². The first-order valence-corrected chi connectivity index (χ1v) is 5.04. The van der Waals surface area contributed by atoms with E-state index in [1.54, 1.807) is 0 Å². The highest BCUT2D eigenvalue weighted by Crippen LogP contribution is 2.22. The van der Waals surface area contributed by atoms with E-state index in [2.05, 4.69) is 0 Å². The molecule has 0 saturated heterocycles. The van der Waals surface area contributed by atoms with E-state index in [-0.39, 0.29) is 11.9 Å². The van der Waals surface area contributed by atoms with Crippen LogP contribution in [0, 0.1) is 19.3 Å². The Balaban J connectivity index is 3.14. The minimum Gasteiger partial charge on any atom is -0.491 e. The second-order valence-electron chi connectivity index (χ2n) is 4.01. The summed E-state index contributed by atoms with van der Waals surface area (Å²) in [5.41, 5.74) is 8.29. The van der Waals surface area contributed by atoms with Gasteiger partial charge in [0.25, 0.3) is 0 Å². The molecule has 0 aliphatic heterocycles. The molecule has 0 aliphatic rings. The largest absolute Gasteiger partial charge is 0.491 e. The van der Waals surface area contributed by atoms with Crippen LogP contribution in [0.25, 0.3) is 0 Å². The van der Waals surface area contributed by atoms with Gasteiger partial charge in [-0.3, -0.25) is 5.41 Å². The predicted octanol–water partition coefficient (Wildman–Crippen LogP) is 2.37. The molecule has 0 saturated carbocycles. The fourth-order valence-electron chi connectivity index (χ4n) is 1.69. The van der Waals surface area contributed by atoms with Gasteiger partial charge in [0.1, 0.15) is 11.6 Å². The average molecular weight is 206 g/mol. The zero-order valence-corrected chi connectivity index (χ0v) is 9.72. The molecule has 1 rings (SSSR count). The number of ether oxygens (including phenoxy) is 1. The molecule has 0 bridgehead atoms. The third-order valence-electron chi connectivity index (χ3n) is 2.15. The van der Waals surface area contributed by atoms with Gasteiger partial charge in [-0.1, -0.05) is 0 Å². The number of rotatable bonds is 3. The molecule has 0 unspecified atom stereocenters. The maximum atomic E-state index is 7.47. The van der Waals surface area contributed by atoms with Crippen molar-refractivity contribution in [1.82, 2.24) is 0 Å². The molecule has 0 amide bonds. The molecular formula is C12H18N2O. The molecule has 82 valence electrons. The van der Waals surface area contributed by atoms with Crippen molar-refractivity contribution in [2.45, 2.75) is 33.8 Å². The van der Waals surface area contributed by atoms with Crippen molar-refractivity contribution in [2.24, 2.45) is 5.73 Å². The van der Waals surface area contributed by atoms with Crippen LogP contribution in [0.4, 0.5) is 0 Å². The van der Waals surface area contributed by atoms with Crippen LogP contribution in [0.3, 0.4) is 0 Å². The van der Waals surface area contributed by atoms with Crippen LogP contribution >= 0.6 is 0 Å². The van der Waals surface area contributed by atoms with Crippen molar-refractivity contribution >= 4 is 5.84 Å². The fraction of sp³-hybridized carbons (Fsp3) is 0.417. The van der Waals surface area contributed by atoms with Crippen LogP contribution in [0.15, 0.2) is 12.1 Å². The third-order valence-corrected chi connectivity index (χ3v) is 2.15. The molecular weight excluding hydrogens is 188 g/mol. The molecule has 15 heavy (non-hydrogen) atoms. The van der Waals surface area contributed by atoms with E-state index in [1.807, 2.05) is 39.8 Å². The summed E-state index contributed by atoms with van der Waals surface area (Å²) < 4.78 is 5.60. The Labute approximate surface area is 90.8 Å². The van der Waals surface area contributed by atoms with Gasteiger partial charge in [0.05, 0.1) is 6.10 Å². The summed E-state index contributed by atoms with van der Waals surface area (Å²) in [6.07, 6.45) is 0.159. The number of benzene rings is 1. The van der Waals surface area contributed by atoms with Gasteiger partial charge >= 0.3 is 0 Å². The normalized spacial score (nSPS) is 10.5. The first kappa shape index (κ1) is 11.6. The van der Waals surface area contributed by atoms with Gasteiger partial charge < -0.3 is 10.5 Å². The maximum Gasteiger partial charge on any atom is 0.123 e. The van der Waals surface area contributed by atoms with Gasteiger partial charge in [0.15, 0.2) is 0 Å². The molecule has 0 atom stereocenters. The van der Waals surface area contributed by atoms with Crippen LogP contribution in [0.5, 0.6) is 5.75 Å². The van der Waals surface area contributed by atoms with Crippen molar-refractivity contribution in [3.05, 3.63) is 28.8 Å². The highest BCUT2D eigenvalue weighted by Gasteiger charge is 2.08. The van der Waals surface area contributed by atoms with Crippen LogP contribution in [0.2, 0.25) is 0 Å². The van der Waals surface area contributed by atoms with Gasteiger partial charge in [0.2, 0.25) is 0 Å². The lowest BCUT2D eigenvalue weighted by Gasteiger charge is -2.14. The molecule has 1 aromatic rings. The van der Waals surface area contributed by atoms with Crippen LogP contribution in [0.1, 0.15) is 30.5 Å². The van der Waals surface area contributed by atoms with E-state index in [9.17, 15) is 0 Å². The summed E-state index contributed by atoms with van der Waals surface area (Å²) in [6, 6.07) is 3.84. The van der Waals surface area contributed by atoms with E-state index < -0.39 is 0 Å². The van der Waals surface area contributed by atoms with E-state index in [1.165, 1.54) is 0 Å². The minimum absolute atomic E-state index is 0.112. The summed E-state index contributed by atoms with van der Waals surface area (Å²) in [7, 11) is 0. The number of nitrogens with one attached hydrogen (secondary N) is 1. The highest BCUT2D eigenvalue weighted by molar-refractivity contribution is 5.97. The maximum absolute atomic E-state index is 7.47. The van der Waals surface area contributed by atoms with Crippen molar-refractivity contribution < 1.29 is 4.74 Å². The Hall–Kier alpha value is -1.51. The summed E-state index contributed by atoms with van der Waals surface area (Å²) in [4.78, 5) is 0. The molecule has 0 radical (unpaired) electrons. The first-order valence-electron chi connectivity index (χ1n) is 5.04. The van der Waals surface area contributed by atoms with Crippen molar-refractivity contribution in [2.75, 3.05) is 0 Å². The van der Waals surface area contributed by atoms with Gasteiger partial charge in [-0.2, -0.15) is 0 Å². The second-order valence-corrected chi connectivity index (χ2v) is 4.01. The Morgan fingerprint density at radius 2 is 1.73 bits per heavy atom. The molecule has 0 aliphatic carbocycles. The average Bonchev–Trinajstić information content (AvgIpc) is 1.99. The minimum atomic E-state index is 0.112. The summed E-state index contributed by atoms with van der Waals surface area (Å²) >= 11 is 0. The zero-order chi connectivity index (χ0) is 11.6. The Bertz CT molecular complexity index is 360. The number of hydrogen-bond acceptors (Lipinski definition) is 2. The summed E-state index contributed by atoms with van der Waals surface area (Å²) in [6.45, 7) is 7.86. The Morgan fingerprint density at radius 3 is 2.07 bits per heavy atom. The molecule has 3 nitrogen and oxygen atoms in total. The van der Waals surface area contributed by atoms with E-state index >= 15 is 0 Å². The van der Waals surface area contributed by atoms with Crippen molar-refractivity contribution in [3.63, 3.8) is 0 Å². The van der Waals surface area contributed by atoms with Gasteiger partial charge in [-0.15, -0.1) is 0 Å². The number of hydrogen-bond donors (Lipinski definition) is 2. The number of amidine groups is 1. The van der Waals surface area contributed by atoms with Crippen LogP contribution in [-0.2, 0) is 0 Å². The standard InChI is InChI=1S/C12H18N2O/c1-7(2)15-10-5-8(3)11(12(13)14)9(4)6-10/h5-7H,1-4H3,(H3,13,14). The third kappa shape index (κ3) is 2.72. The lowest BCUT2D eigenvalue weighted by molar-refractivity contribution is 0.242. The van der Waals surface area contributed by atoms with Crippen molar-refractivity contribution in [1.29, 1.82) is 5.41 Å². The molecule has 3 N–H and O–H groups in total. The number of nitrogens with two attached hydrogens (primary N) is 1. The molecule has 0 heterocycles. The van der Waals surface area contributed by atoms with Crippen LogP contribution in [-0.4, -0.2) is 11.9 Å². The van der Waals surface area contributed by atoms with Gasteiger partial charge in [-0.05, 0) is 51.0 Å². The SMILES string of the molecule is Cc1cc(OC(C)C)cc(C)c1C(=N)N. The molecule has 0 fully saturated rings. The molecule has 3 heteroatoms. The molecule has 0 aromatic heterocycles. The lowest BCUT2D eigenvalue weighted by Crippen LogP contribution is -2.15.